The molecule has 0 aliphatic carbocycles. The van der Waals surface area contributed by atoms with Crippen molar-refractivity contribution >= 4 is 17.7 Å². The lowest BCUT2D eigenvalue weighted by Gasteiger charge is -2.28. The molecule has 152 valence electrons. The first-order valence-corrected chi connectivity index (χ1v) is 9.56. The summed E-state index contributed by atoms with van der Waals surface area (Å²) >= 11 is 0. The Hall–Kier alpha value is -2.08. The highest BCUT2D eigenvalue weighted by Gasteiger charge is 2.25. The molecule has 27 heavy (non-hydrogen) atoms. The maximum absolute atomic E-state index is 12.1. The fraction of sp³-hybridized carbons (Fsp3) is 0.619. The van der Waals surface area contributed by atoms with Crippen LogP contribution in [0.5, 0.6) is 0 Å². The maximum Gasteiger partial charge on any atom is 0.407 e. The van der Waals surface area contributed by atoms with E-state index in [1.54, 1.807) is 27.7 Å². The van der Waals surface area contributed by atoms with Crippen molar-refractivity contribution in [3.8, 4) is 0 Å². The molecule has 1 rings (SSSR count). The third-order valence-electron chi connectivity index (χ3n) is 3.90. The van der Waals surface area contributed by atoms with Gasteiger partial charge in [-0.15, -0.1) is 0 Å². The van der Waals surface area contributed by atoms with Crippen LogP contribution in [0.2, 0.25) is 0 Å². The van der Waals surface area contributed by atoms with Crippen LogP contribution in [-0.4, -0.2) is 34.9 Å². The van der Waals surface area contributed by atoms with Crippen LogP contribution >= 0.6 is 0 Å². The number of hydrogen-bond donors (Lipinski definition) is 3. The molecule has 2 atom stereocenters. The molecule has 0 bridgehead atoms. The molecule has 0 aliphatic heterocycles. The molecule has 3 N–H and O–H groups in total. The van der Waals surface area contributed by atoms with Crippen LogP contribution < -0.4 is 10.6 Å². The molecule has 0 saturated heterocycles. The van der Waals surface area contributed by atoms with Gasteiger partial charge < -0.3 is 20.5 Å². The molecule has 0 radical (unpaired) electrons. The predicted octanol–water partition coefficient (Wildman–Crippen LogP) is 3.88. The Morgan fingerprint density at radius 2 is 1.74 bits per heavy atom. The fourth-order valence-corrected chi connectivity index (χ4v) is 2.64. The van der Waals surface area contributed by atoms with E-state index >= 15 is 0 Å². The lowest BCUT2D eigenvalue weighted by atomic mass is 9.95. The van der Waals surface area contributed by atoms with E-state index in [-0.39, 0.29) is 5.91 Å². The van der Waals surface area contributed by atoms with Crippen molar-refractivity contribution in [3.63, 3.8) is 0 Å². The van der Waals surface area contributed by atoms with Gasteiger partial charge in [-0.25, -0.2) is 4.79 Å². The number of rotatable bonds is 8. The predicted molar refractivity (Wildman–Crippen MR) is 108 cm³/mol. The van der Waals surface area contributed by atoms with Crippen LogP contribution in [0.3, 0.4) is 0 Å². The van der Waals surface area contributed by atoms with E-state index in [0.29, 0.717) is 25.2 Å². The molecule has 0 heterocycles. The zero-order chi connectivity index (χ0) is 20.6. The standard InChI is InChI=1S/C21H34N2O4/c1-7-19(25)22-16-10-8-15(9-11-16)13-18(24)17(12-14(2)3)23-20(26)27-21(4,5)6/h8-11,14,17-18,24H,7,12-13H2,1-6H3,(H,22,25)(H,23,26)/t17-,18?/m0/s1. The van der Waals surface area contributed by atoms with Gasteiger partial charge in [-0.3, -0.25) is 4.79 Å². The molecule has 0 fully saturated rings. The van der Waals surface area contributed by atoms with Gasteiger partial charge in [-0.05, 0) is 50.8 Å². The second-order valence-electron chi connectivity index (χ2n) is 8.25. The van der Waals surface area contributed by atoms with Crippen molar-refractivity contribution < 1.29 is 19.4 Å². The Bertz CT molecular complexity index is 606. The molecule has 6 nitrogen and oxygen atoms in total. The summed E-state index contributed by atoms with van der Waals surface area (Å²) in [6, 6.07) is 6.96. The van der Waals surface area contributed by atoms with Crippen molar-refractivity contribution in [1.29, 1.82) is 0 Å². The lowest BCUT2D eigenvalue weighted by Crippen LogP contribution is -2.46. The Morgan fingerprint density at radius 1 is 1.15 bits per heavy atom. The number of ether oxygens (including phenoxy) is 1. The van der Waals surface area contributed by atoms with Gasteiger partial charge in [0, 0.05) is 18.5 Å². The Balaban J connectivity index is 2.73. The number of aliphatic hydroxyl groups is 1. The minimum Gasteiger partial charge on any atom is -0.444 e. The molecule has 1 aromatic rings. The van der Waals surface area contributed by atoms with Crippen LogP contribution in [-0.2, 0) is 16.0 Å². The largest absolute Gasteiger partial charge is 0.444 e. The monoisotopic (exact) mass is 378 g/mol. The SMILES string of the molecule is CCC(=O)Nc1ccc(CC(O)[C@H](CC(C)C)NC(=O)OC(C)(C)C)cc1. The number of carbonyl (C=O) groups excluding carboxylic acids is 2. The number of hydrogen-bond acceptors (Lipinski definition) is 4. The zero-order valence-corrected chi connectivity index (χ0v) is 17.3. The average Bonchev–Trinajstić information content (AvgIpc) is 2.53. The van der Waals surface area contributed by atoms with E-state index in [1.807, 2.05) is 38.1 Å². The normalized spacial score (nSPS) is 13.8. The van der Waals surface area contributed by atoms with Gasteiger partial charge >= 0.3 is 6.09 Å². The first-order valence-electron chi connectivity index (χ1n) is 9.56. The Morgan fingerprint density at radius 3 is 2.22 bits per heavy atom. The first kappa shape index (κ1) is 23.0. The molecular formula is C21H34N2O4. The van der Waals surface area contributed by atoms with Crippen LogP contribution in [0, 0.1) is 5.92 Å². The topological polar surface area (TPSA) is 87.7 Å². The van der Waals surface area contributed by atoms with E-state index in [9.17, 15) is 14.7 Å². The Labute approximate surface area is 162 Å². The molecule has 0 aromatic heterocycles. The highest BCUT2D eigenvalue weighted by atomic mass is 16.6. The van der Waals surface area contributed by atoms with Gasteiger partial charge in [0.1, 0.15) is 5.60 Å². The molecular weight excluding hydrogens is 344 g/mol. The van der Waals surface area contributed by atoms with Crippen molar-refractivity contribution in [2.24, 2.45) is 5.92 Å². The van der Waals surface area contributed by atoms with Gasteiger partial charge in [0.2, 0.25) is 5.91 Å². The van der Waals surface area contributed by atoms with Crippen molar-refractivity contribution in [1.82, 2.24) is 5.32 Å². The smallest absolute Gasteiger partial charge is 0.407 e. The summed E-state index contributed by atoms with van der Waals surface area (Å²) in [5, 5.41) is 16.3. The molecule has 6 heteroatoms. The average molecular weight is 379 g/mol. The second kappa shape index (κ2) is 10.3. The molecule has 0 saturated carbocycles. The molecule has 0 spiro atoms. The van der Waals surface area contributed by atoms with Gasteiger partial charge in [0.25, 0.3) is 0 Å². The van der Waals surface area contributed by atoms with Crippen LogP contribution in [0.1, 0.15) is 59.9 Å². The van der Waals surface area contributed by atoms with Crippen LogP contribution in [0.15, 0.2) is 24.3 Å². The second-order valence-corrected chi connectivity index (χ2v) is 8.25. The van der Waals surface area contributed by atoms with Gasteiger partial charge in [0.05, 0.1) is 12.1 Å². The lowest BCUT2D eigenvalue weighted by molar-refractivity contribution is -0.115. The number of aliphatic hydroxyl groups excluding tert-OH is 1. The minimum atomic E-state index is -0.740. The van der Waals surface area contributed by atoms with E-state index in [4.69, 9.17) is 4.74 Å². The third-order valence-corrected chi connectivity index (χ3v) is 3.90. The Kier molecular flexibility index (Phi) is 8.76. The number of amides is 2. The number of benzene rings is 1. The number of alkyl carbamates (subject to hydrolysis) is 1. The summed E-state index contributed by atoms with van der Waals surface area (Å²) in [5.41, 5.74) is 1.07. The number of anilines is 1. The maximum atomic E-state index is 12.1. The summed E-state index contributed by atoms with van der Waals surface area (Å²) in [5.74, 6) is 0.271. The number of nitrogens with one attached hydrogen (secondary N) is 2. The van der Waals surface area contributed by atoms with Gasteiger partial charge in [-0.1, -0.05) is 32.9 Å². The van der Waals surface area contributed by atoms with E-state index in [0.717, 1.165) is 11.3 Å². The highest BCUT2D eigenvalue weighted by molar-refractivity contribution is 5.90. The molecule has 0 aliphatic rings. The zero-order valence-electron chi connectivity index (χ0n) is 17.3. The fourth-order valence-electron chi connectivity index (χ4n) is 2.64. The van der Waals surface area contributed by atoms with E-state index < -0.39 is 23.8 Å². The van der Waals surface area contributed by atoms with Gasteiger partial charge in [-0.2, -0.15) is 0 Å². The summed E-state index contributed by atoms with van der Waals surface area (Å²) in [7, 11) is 0. The first-order chi connectivity index (χ1) is 12.5. The summed E-state index contributed by atoms with van der Waals surface area (Å²) < 4.78 is 5.31. The quantitative estimate of drug-likeness (QED) is 0.641. The van der Waals surface area contributed by atoms with Crippen LogP contribution in [0.4, 0.5) is 10.5 Å². The third kappa shape index (κ3) is 9.43. The summed E-state index contributed by atoms with van der Waals surface area (Å²) in [6.07, 6.45) is 0.203. The number of carbonyl (C=O) groups is 2. The summed E-state index contributed by atoms with van der Waals surface area (Å²) in [4.78, 5) is 23.5. The van der Waals surface area contributed by atoms with Gasteiger partial charge in [0.15, 0.2) is 0 Å². The highest BCUT2D eigenvalue weighted by Crippen LogP contribution is 2.16. The molecule has 2 amide bonds. The van der Waals surface area contributed by atoms with E-state index in [2.05, 4.69) is 10.6 Å². The minimum absolute atomic E-state index is 0.0404. The van der Waals surface area contributed by atoms with Crippen molar-refractivity contribution in [2.75, 3.05) is 5.32 Å². The summed E-state index contributed by atoms with van der Waals surface area (Å²) in [6.45, 7) is 11.3. The van der Waals surface area contributed by atoms with E-state index in [1.165, 1.54) is 0 Å². The van der Waals surface area contributed by atoms with Crippen molar-refractivity contribution in [3.05, 3.63) is 29.8 Å². The van der Waals surface area contributed by atoms with Crippen molar-refractivity contribution in [2.45, 2.75) is 78.6 Å². The molecule has 1 unspecified atom stereocenters. The van der Waals surface area contributed by atoms with Crippen LogP contribution in [0.25, 0.3) is 0 Å². The molecule has 1 aromatic carbocycles.